The molecule has 32 heavy (non-hydrogen) atoms. The average Bonchev–Trinajstić information content (AvgIpc) is 3.10. The highest BCUT2D eigenvalue weighted by molar-refractivity contribution is 8.18. The molecule has 2 aliphatic rings. The minimum Gasteiger partial charge on any atom is -0.497 e. The Morgan fingerprint density at radius 1 is 1.12 bits per heavy atom. The van der Waals surface area contributed by atoms with E-state index in [1.54, 1.807) is 19.1 Å². The lowest BCUT2D eigenvalue weighted by Gasteiger charge is -2.29. The molecule has 0 radical (unpaired) electrons. The lowest BCUT2D eigenvalue weighted by Crippen LogP contribution is -2.36. The summed E-state index contributed by atoms with van der Waals surface area (Å²) in [5.41, 5.74) is 4.06. The van der Waals surface area contributed by atoms with Crippen molar-refractivity contribution >= 4 is 40.3 Å². The van der Waals surface area contributed by atoms with E-state index in [1.165, 1.54) is 17.4 Å². The number of carbonyl (C=O) groups excluding carboxylic acids is 1. The Kier molecular flexibility index (Phi) is 7.14. The molecule has 7 nitrogen and oxygen atoms in total. The Labute approximate surface area is 192 Å². The molecule has 0 N–H and O–H groups in total. The van der Waals surface area contributed by atoms with Gasteiger partial charge in [-0.05, 0) is 72.3 Å². The van der Waals surface area contributed by atoms with Crippen LogP contribution >= 0.6 is 11.8 Å². The quantitative estimate of drug-likeness (QED) is 0.615. The smallest absolute Gasteiger partial charge is 0.268 e. The maximum Gasteiger partial charge on any atom is 0.268 e. The lowest BCUT2D eigenvalue weighted by atomic mass is 10.1. The fraction of sp³-hybridized carbons (Fsp3) is 0.333. The molecular weight excluding hydrogens is 426 g/mol. The van der Waals surface area contributed by atoms with Crippen LogP contribution in [0.4, 0.5) is 11.4 Å². The van der Waals surface area contributed by atoms with Gasteiger partial charge in [-0.3, -0.25) is 9.69 Å². The molecule has 4 rings (SSSR count). The average molecular weight is 454 g/mol. The molecule has 0 atom stereocenters. The van der Waals surface area contributed by atoms with Crippen molar-refractivity contribution in [2.24, 2.45) is 4.99 Å². The third kappa shape index (κ3) is 4.98. The Bertz CT molecular complexity index is 1030. The van der Waals surface area contributed by atoms with Gasteiger partial charge in [0, 0.05) is 25.9 Å². The molecule has 2 fully saturated rings. The predicted octanol–water partition coefficient (Wildman–Crippen LogP) is 4.05. The number of rotatable bonds is 6. The van der Waals surface area contributed by atoms with E-state index >= 15 is 0 Å². The van der Waals surface area contributed by atoms with Crippen LogP contribution in [0.1, 0.15) is 11.1 Å². The third-order valence-electron chi connectivity index (χ3n) is 5.36. The largest absolute Gasteiger partial charge is 0.497 e. The van der Waals surface area contributed by atoms with Gasteiger partial charge < -0.3 is 19.1 Å². The van der Waals surface area contributed by atoms with E-state index in [9.17, 15) is 4.79 Å². The molecule has 168 valence electrons. The number of aryl methyl sites for hydroxylation is 1. The summed E-state index contributed by atoms with van der Waals surface area (Å²) in [5.74, 6) is 0.648. The van der Waals surface area contributed by atoms with Crippen LogP contribution in [0, 0.1) is 6.92 Å². The fourth-order valence-electron chi connectivity index (χ4n) is 3.58. The minimum atomic E-state index is -0.110. The Morgan fingerprint density at radius 3 is 2.53 bits per heavy atom. The van der Waals surface area contributed by atoms with Gasteiger partial charge in [0.25, 0.3) is 5.91 Å². The van der Waals surface area contributed by atoms with E-state index in [0.29, 0.717) is 10.1 Å². The van der Waals surface area contributed by atoms with Crippen molar-refractivity contribution in [1.82, 2.24) is 4.90 Å². The van der Waals surface area contributed by atoms with E-state index in [-0.39, 0.29) is 12.6 Å². The van der Waals surface area contributed by atoms with Crippen LogP contribution in [0.25, 0.3) is 6.08 Å². The van der Waals surface area contributed by atoms with Crippen LogP contribution in [0.15, 0.2) is 52.4 Å². The summed E-state index contributed by atoms with van der Waals surface area (Å²) in [6.07, 6.45) is 1.94. The molecule has 0 saturated carbocycles. The van der Waals surface area contributed by atoms with Crippen molar-refractivity contribution in [3.63, 3.8) is 0 Å². The lowest BCUT2D eigenvalue weighted by molar-refractivity contribution is -0.125. The van der Waals surface area contributed by atoms with Gasteiger partial charge in [-0.1, -0.05) is 6.07 Å². The monoisotopic (exact) mass is 453 g/mol. The molecule has 0 spiro atoms. The number of hydrogen-bond donors (Lipinski definition) is 0. The van der Waals surface area contributed by atoms with Gasteiger partial charge in [-0.2, -0.15) is 0 Å². The Morgan fingerprint density at radius 2 is 1.88 bits per heavy atom. The first-order chi connectivity index (χ1) is 15.6. The number of hydrogen-bond acceptors (Lipinski definition) is 7. The number of thioether (sulfide) groups is 1. The number of morpholine rings is 1. The van der Waals surface area contributed by atoms with Gasteiger partial charge in [0.05, 0.1) is 30.9 Å². The summed E-state index contributed by atoms with van der Waals surface area (Å²) in [6.45, 7) is 5.51. The normalized spacial score (nSPS) is 19.3. The van der Waals surface area contributed by atoms with Crippen molar-refractivity contribution in [3.8, 4) is 5.75 Å². The number of carbonyl (C=O) groups is 1. The molecule has 8 heteroatoms. The Hall–Kier alpha value is -2.81. The van der Waals surface area contributed by atoms with Gasteiger partial charge in [0.15, 0.2) is 5.17 Å². The fourth-order valence-corrected chi connectivity index (χ4v) is 4.56. The topological polar surface area (TPSA) is 63.6 Å². The van der Waals surface area contributed by atoms with Gasteiger partial charge in [-0.25, -0.2) is 4.99 Å². The molecule has 2 heterocycles. The molecule has 0 bridgehead atoms. The number of anilines is 1. The van der Waals surface area contributed by atoms with Crippen molar-refractivity contribution in [2.75, 3.05) is 52.2 Å². The zero-order valence-electron chi connectivity index (χ0n) is 18.5. The first-order valence-corrected chi connectivity index (χ1v) is 11.3. The van der Waals surface area contributed by atoms with Gasteiger partial charge in [0.1, 0.15) is 12.5 Å². The second kappa shape index (κ2) is 10.2. The number of ether oxygens (including phenoxy) is 3. The number of methoxy groups -OCH3 is 2. The van der Waals surface area contributed by atoms with Gasteiger partial charge in [-0.15, -0.1) is 0 Å². The maximum absolute atomic E-state index is 13.1. The standard InChI is InChI=1S/C24H27N3O4S/c1-17-14-20(26-10-12-31-13-11-26)7-4-18(17)15-22-23(28)27(16-29-2)24(32-22)25-19-5-8-21(30-3)9-6-19/h4-9,14-15H,10-13,16H2,1-3H3. The van der Waals surface area contributed by atoms with Crippen molar-refractivity contribution in [3.05, 3.63) is 58.5 Å². The zero-order chi connectivity index (χ0) is 22.5. The second-order valence-corrected chi connectivity index (χ2v) is 8.50. The number of benzene rings is 2. The maximum atomic E-state index is 13.1. The summed E-state index contributed by atoms with van der Waals surface area (Å²) in [7, 11) is 3.19. The molecule has 0 aromatic heterocycles. The van der Waals surface area contributed by atoms with Crippen molar-refractivity contribution in [1.29, 1.82) is 0 Å². The predicted molar refractivity (Wildman–Crippen MR) is 129 cm³/mol. The number of amides is 1. The second-order valence-electron chi connectivity index (χ2n) is 7.49. The molecule has 2 aliphatic heterocycles. The van der Waals surface area contributed by atoms with E-state index in [0.717, 1.165) is 48.9 Å². The molecule has 2 aromatic carbocycles. The summed E-state index contributed by atoms with van der Waals surface area (Å²) >= 11 is 1.36. The molecule has 1 amide bonds. The van der Waals surface area contributed by atoms with Crippen molar-refractivity contribution < 1.29 is 19.0 Å². The minimum absolute atomic E-state index is 0.110. The zero-order valence-corrected chi connectivity index (χ0v) is 19.4. The van der Waals surface area contributed by atoms with E-state index < -0.39 is 0 Å². The van der Waals surface area contributed by atoms with Crippen LogP contribution in [-0.2, 0) is 14.3 Å². The van der Waals surface area contributed by atoms with E-state index in [2.05, 4.69) is 35.0 Å². The number of nitrogens with zero attached hydrogens (tertiary/aromatic N) is 3. The summed E-state index contributed by atoms with van der Waals surface area (Å²) in [5, 5.41) is 0.593. The molecule has 0 unspecified atom stereocenters. The number of amidine groups is 1. The van der Waals surface area contributed by atoms with Crippen LogP contribution in [-0.4, -0.2) is 63.2 Å². The number of aliphatic imine (C=N–C) groups is 1. The van der Waals surface area contributed by atoms with Crippen LogP contribution < -0.4 is 9.64 Å². The highest BCUT2D eigenvalue weighted by Gasteiger charge is 2.33. The third-order valence-corrected chi connectivity index (χ3v) is 6.37. The van der Waals surface area contributed by atoms with Crippen molar-refractivity contribution in [2.45, 2.75) is 6.92 Å². The molecule has 2 aromatic rings. The summed E-state index contributed by atoms with van der Waals surface area (Å²) in [4.78, 5) is 22.2. The van der Waals surface area contributed by atoms with E-state index in [4.69, 9.17) is 14.2 Å². The first kappa shape index (κ1) is 22.4. The highest BCUT2D eigenvalue weighted by Crippen LogP contribution is 2.35. The first-order valence-electron chi connectivity index (χ1n) is 10.5. The molecule has 0 aliphatic carbocycles. The van der Waals surface area contributed by atoms with Gasteiger partial charge >= 0.3 is 0 Å². The molecular formula is C24H27N3O4S. The summed E-state index contributed by atoms with van der Waals surface area (Å²) < 4.78 is 15.9. The van der Waals surface area contributed by atoms with Gasteiger partial charge in [0.2, 0.25) is 0 Å². The molecule has 2 saturated heterocycles. The SMILES string of the molecule is COCN1C(=O)C(=Cc2ccc(N3CCOCC3)cc2C)SC1=Nc1ccc(OC)cc1. The van der Waals surface area contributed by atoms with Crippen LogP contribution in [0.2, 0.25) is 0 Å². The van der Waals surface area contributed by atoms with Crippen LogP contribution in [0.5, 0.6) is 5.75 Å². The Balaban J connectivity index is 1.58. The highest BCUT2D eigenvalue weighted by atomic mass is 32.2. The van der Waals surface area contributed by atoms with E-state index in [1.807, 2.05) is 30.3 Å². The van der Waals surface area contributed by atoms with Crippen LogP contribution in [0.3, 0.4) is 0 Å². The summed E-state index contributed by atoms with van der Waals surface area (Å²) in [6, 6.07) is 13.8.